The van der Waals surface area contributed by atoms with E-state index in [-0.39, 0.29) is 6.10 Å². The van der Waals surface area contributed by atoms with Crippen molar-refractivity contribution in [3.8, 4) is 0 Å². The lowest BCUT2D eigenvalue weighted by atomic mass is 10.2. The van der Waals surface area contributed by atoms with Crippen molar-refractivity contribution in [2.75, 3.05) is 13.1 Å². The fourth-order valence-corrected chi connectivity index (χ4v) is 2.56. The van der Waals surface area contributed by atoms with Crippen LogP contribution in [0.3, 0.4) is 0 Å². The quantitative estimate of drug-likeness (QED) is 0.902. The number of hydrogen-bond acceptors (Lipinski definition) is 3. The standard InChI is InChI=1S/C15H19N3O/c19-15-6-7-17(12-15)9-14-8-16-18(11-14)10-13-4-2-1-3-5-13/h1-5,8,11,15,19H,6-7,9-10,12H2/t15-/m0/s1. The van der Waals surface area contributed by atoms with Crippen LogP contribution in [-0.4, -0.2) is 39.0 Å². The van der Waals surface area contributed by atoms with Crippen LogP contribution in [0.25, 0.3) is 0 Å². The molecule has 1 aliphatic heterocycles. The lowest BCUT2D eigenvalue weighted by Gasteiger charge is -2.12. The van der Waals surface area contributed by atoms with Gasteiger partial charge >= 0.3 is 0 Å². The van der Waals surface area contributed by atoms with E-state index in [1.165, 1.54) is 11.1 Å². The summed E-state index contributed by atoms with van der Waals surface area (Å²) >= 11 is 0. The smallest absolute Gasteiger partial charge is 0.0679 e. The van der Waals surface area contributed by atoms with Gasteiger partial charge in [-0.1, -0.05) is 30.3 Å². The first-order valence-corrected chi connectivity index (χ1v) is 6.75. The minimum atomic E-state index is -0.153. The summed E-state index contributed by atoms with van der Waals surface area (Å²) in [6.07, 6.45) is 4.75. The van der Waals surface area contributed by atoms with Gasteiger partial charge < -0.3 is 5.11 Å². The SMILES string of the molecule is O[C@H]1CCN(Cc2cnn(Cc3ccccc3)c2)C1. The molecule has 0 amide bonds. The summed E-state index contributed by atoms with van der Waals surface area (Å²) in [7, 11) is 0. The Kier molecular flexibility index (Phi) is 3.62. The minimum absolute atomic E-state index is 0.153. The van der Waals surface area contributed by atoms with Gasteiger partial charge in [-0.2, -0.15) is 5.10 Å². The molecule has 1 fully saturated rings. The number of hydrogen-bond donors (Lipinski definition) is 1. The second kappa shape index (κ2) is 5.55. The molecule has 1 aromatic heterocycles. The van der Waals surface area contributed by atoms with Crippen LogP contribution in [0.1, 0.15) is 17.5 Å². The topological polar surface area (TPSA) is 41.3 Å². The molecule has 1 N–H and O–H groups in total. The zero-order valence-corrected chi connectivity index (χ0v) is 10.9. The van der Waals surface area contributed by atoms with Gasteiger partial charge in [-0.3, -0.25) is 9.58 Å². The molecule has 2 aromatic rings. The van der Waals surface area contributed by atoms with E-state index in [9.17, 15) is 5.11 Å². The average molecular weight is 257 g/mol. The third kappa shape index (κ3) is 3.22. The van der Waals surface area contributed by atoms with Crippen LogP contribution in [0, 0.1) is 0 Å². The van der Waals surface area contributed by atoms with Crippen LogP contribution in [-0.2, 0) is 13.1 Å². The highest BCUT2D eigenvalue weighted by atomic mass is 16.3. The van der Waals surface area contributed by atoms with Gasteiger partial charge in [0, 0.05) is 31.4 Å². The lowest BCUT2D eigenvalue weighted by Crippen LogP contribution is -2.21. The Balaban J connectivity index is 1.60. The molecule has 3 rings (SSSR count). The molecule has 100 valence electrons. The second-order valence-electron chi connectivity index (χ2n) is 5.21. The maximum Gasteiger partial charge on any atom is 0.0679 e. The van der Waals surface area contributed by atoms with Crippen molar-refractivity contribution in [1.29, 1.82) is 0 Å². The highest BCUT2D eigenvalue weighted by Crippen LogP contribution is 2.13. The summed E-state index contributed by atoms with van der Waals surface area (Å²) in [6, 6.07) is 10.3. The van der Waals surface area contributed by atoms with E-state index < -0.39 is 0 Å². The van der Waals surface area contributed by atoms with E-state index >= 15 is 0 Å². The molecule has 19 heavy (non-hydrogen) atoms. The third-order valence-electron chi connectivity index (χ3n) is 3.53. The number of benzene rings is 1. The van der Waals surface area contributed by atoms with E-state index in [0.29, 0.717) is 0 Å². The van der Waals surface area contributed by atoms with Gasteiger partial charge in [-0.15, -0.1) is 0 Å². The fraction of sp³-hybridized carbons (Fsp3) is 0.400. The zero-order valence-electron chi connectivity index (χ0n) is 10.9. The molecule has 0 unspecified atom stereocenters. The maximum atomic E-state index is 9.52. The van der Waals surface area contributed by atoms with Gasteiger partial charge in [0.1, 0.15) is 0 Å². The van der Waals surface area contributed by atoms with Gasteiger partial charge in [0.2, 0.25) is 0 Å². The Hall–Kier alpha value is -1.65. The molecular formula is C15H19N3O. The van der Waals surface area contributed by atoms with Crippen LogP contribution in [0.15, 0.2) is 42.7 Å². The number of aliphatic hydroxyl groups is 1. The van der Waals surface area contributed by atoms with Gasteiger partial charge in [0.15, 0.2) is 0 Å². The van der Waals surface area contributed by atoms with Crippen molar-refractivity contribution in [3.05, 3.63) is 53.9 Å². The Morgan fingerprint density at radius 1 is 1.16 bits per heavy atom. The highest BCUT2D eigenvalue weighted by Gasteiger charge is 2.20. The van der Waals surface area contributed by atoms with Gasteiger partial charge in [0.05, 0.1) is 18.8 Å². The molecule has 2 heterocycles. The summed E-state index contributed by atoms with van der Waals surface area (Å²) in [6.45, 7) is 3.45. The van der Waals surface area contributed by atoms with Crippen LogP contribution >= 0.6 is 0 Å². The second-order valence-corrected chi connectivity index (χ2v) is 5.21. The first-order chi connectivity index (χ1) is 9.29. The van der Waals surface area contributed by atoms with E-state index in [2.05, 4.69) is 28.3 Å². The minimum Gasteiger partial charge on any atom is -0.392 e. The van der Waals surface area contributed by atoms with Crippen molar-refractivity contribution < 1.29 is 5.11 Å². The lowest BCUT2D eigenvalue weighted by molar-refractivity contribution is 0.175. The van der Waals surface area contributed by atoms with Gasteiger partial charge in [0.25, 0.3) is 0 Å². The number of likely N-dealkylation sites (tertiary alicyclic amines) is 1. The van der Waals surface area contributed by atoms with E-state index in [1.54, 1.807) is 0 Å². The number of aliphatic hydroxyl groups excluding tert-OH is 1. The normalized spacial score (nSPS) is 19.9. The Morgan fingerprint density at radius 2 is 2.00 bits per heavy atom. The molecule has 0 radical (unpaired) electrons. The molecule has 4 nitrogen and oxygen atoms in total. The number of rotatable bonds is 4. The van der Waals surface area contributed by atoms with E-state index in [4.69, 9.17) is 0 Å². The number of β-amino-alcohol motifs (C(OH)–C–C–N with tert-alkyl or cyclic N) is 1. The molecule has 4 heteroatoms. The van der Waals surface area contributed by atoms with Crippen LogP contribution in [0.4, 0.5) is 0 Å². The fourth-order valence-electron chi connectivity index (χ4n) is 2.56. The molecule has 1 saturated heterocycles. The molecule has 1 atom stereocenters. The first kappa shape index (κ1) is 12.4. The average Bonchev–Trinajstić information content (AvgIpc) is 3.01. The molecular weight excluding hydrogens is 238 g/mol. The van der Waals surface area contributed by atoms with Gasteiger partial charge in [-0.05, 0) is 12.0 Å². The first-order valence-electron chi connectivity index (χ1n) is 6.75. The van der Waals surface area contributed by atoms with Crippen molar-refractivity contribution in [2.24, 2.45) is 0 Å². The van der Waals surface area contributed by atoms with Crippen LogP contribution in [0.2, 0.25) is 0 Å². The number of nitrogens with zero attached hydrogens (tertiary/aromatic N) is 3. The molecule has 0 bridgehead atoms. The van der Waals surface area contributed by atoms with E-state index in [0.717, 1.165) is 32.6 Å². The predicted molar refractivity (Wildman–Crippen MR) is 73.7 cm³/mol. The van der Waals surface area contributed by atoms with Crippen molar-refractivity contribution in [2.45, 2.75) is 25.6 Å². The Labute approximate surface area is 113 Å². The summed E-state index contributed by atoms with van der Waals surface area (Å²) in [5.41, 5.74) is 2.47. The summed E-state index contributed by atoms with van der Waals surface area (Å²) in [4.78, 5) is 2.27. The zero-order chi connectivity index (χ0) is 13.1. The van der Waals surface area contributed by atoms with Gasteiger partial charge in [-0.25, -0.2) is 0 Å². The summed E-state index contributed by atoms with van der Waals surface area (Å²) in [5, 5.41) is 13.9. The maximum absolute atomic E-state index is 9.52. The van der Waals surface area contributed by atoms with Crippen molar-refractivity contribution >= 4 is 0 Å². The summed E-state index contributed by atoms with van der Waals surface area (Å²) in [5.74, 6) is 0. The molecule has 0 saturated carbocycles. The molecule has 1 aliphatic rings. The third-order valence-corrected chi connectivity index (χ3v) is 3.53. The predicted octanol–water partition coefficient (Wildman–Crippen LogP) is 1.50. The Bertz CT molecular complexity index is 523. The summed E-state index contributed by atoms with van der Waals surface area (Å²) < 4.78 is 1.97. The monoisotopic (exact) mass is 257 g/mol. The van der Waals surface area contributed by atoms with Crippen LogP contribution in [0.5, 0.6) is 0 Å². The van der Waals surface area contributed by atoms with E-state index in [1.807, 2.05) is 29.1 Å². The largest absolute Gasteiger partial charge is 0.392 e. The Morgan fingerprint density at radius 3 is 2.74 bits per heavy atom. The highest BCUT2D eigenvalue weighted by molar-refractivity contribution is 5.15. The van der Waals surface area contributed by atoms with Crippen molar-refractivity contribution in [3.63, 3.8) is 0 Å². The van der Waals surface area contributed by atoms with Crippen LogP contribution < -0.4 is 0 Å². The number of aromatic nitrogens is 2. The molecule has 1 aromatic carbocycles. The van der Waals surface area contributed by atoms with Crippen molar-refractivity contribution in [1.82, 2.24) is 14.7 Å². The molecule has 0 aliphatic carbocycles. The molecule has 0 spiro atoms.